The molecule has 0 aromatic rings. The largest absolute Gasteiger partial charge is 0.481 e. The van der Waals surface area contributed by atoms with Crippen molar-refractivity contribution >= 4 is 5.97 Å². The summed E-state index contributed by atoms with van der Waals surface area (Å²) in [6.07, 6.45) is 12.7. The number of carboxylic acid groups (broad SMARTS) is 1. The first-order valence-corrected chi connectivity index (χ1v) is 13.4. The summed E-state index contributed by atoms with van der Waals surface area (Å²) >= 11 is 0. The van der Waals surface area contributed by atoms with Crippen molar-refractivity contribution in [3.63, 3.8) is 0 Å². The van der Waals surface area contributed by atoms with Gasteiger partial charge in [-0.15, -0.1) is 0 Å². The normalized spacial score (nSPS) is 54.3. The van der Waals surface area contributed by atoms with E-state index in [1.807, 2.05) is 0 Å². The van der Waals surface area contributed by atoms with Crippen LogP contribution in [0.4, 0.5) is 0 Å². The molecule has 9 atom stereocenters. The van der Waals surface area contributed by atoms with Gasteiger partial charge in [-0.1, -0.05) is 53.2 Å². The van der Waals surface area contributed by atoms with E-state index in [2.05, 4.69) is 47.6 Å². The van der Waals surface area contributed by atoms with E-state index in [9.17, 15) is 15.0 Å². The Morgan fingerprint density at radius 3 is 2.34 bits per heavy atom. The molecular formula is C29H46O3. The average molecular weight is 443 g/mol. The zero-order valence-electron chi connectivity index (χ0n) is 21.3. The molecule has 5 aliphatic carbocycles. The zero-order chi connectivity index (χ0) is 23.3. The quantitative estimate of drug-likeness (QED) is 0.437. The third-order valence-electron chi connectivity index (χ3n) is 12.8. The van der Waals surface area contributed by atoms with Crippen LogP contribution < -0.4 is 0 Å². The van der Waals surface area contributed by atoms with Crippen LogP contribution in [0.15, 0.2) is 11.6 Å². The zero-order valence-corrected chi connectivity index (χ0v) is 21.3. The van der Waals surface area contributed by atoms with Gasteiger partial charge in [0.2, 0.25) is 0 Å². The first-order valence-electron chi connectivity index (χ1n) is 13.4. The van der Waals surface area contributed by atoms with Gasteiger partial charge in [0, 0.05) is 0 Å². The summed E-state index contributed by atoms with van der Waals surface area (Å²) in [5.41, 5.74) is 1.54. The number of rotatable bonds is 1. The summed E-state index contributed by atoms with van der Waals surface area (Å²) in [5.74, 6) is 1.48. The smallest absolute Gasteiger partial charge is 0.310 e. The fourth-order valence-corrected chi connectivity index (χ4v) is 10.5. The lowest BCUT2D eigenvalue weighted by molar-refractivity contribution is -0.204. The van der Waals surface area contributed by atoms with E-state index >= 15 is 0 Å². The highest BCUT2D eigenvalue weighted by Crippen LogP contribution is 2.75. The Hall–Kier alpha value is -0.830. The molecule has 0 bridgehead atoms. The molecule has 4 fully saturated rings. The number of carbonyl (C=O) groups is 1. The van der Waals surface area contributed by atoms with Crippen LogP contribution in [0.25, 0.3) is 0 Å². The van der Waals surface area contributed by atoms with Crippen LogP contribution in [0.3, 0.4) is 0 Å². The second-order valence-corrected chi connectivity index (χ2v) is 14.1. The van der Waals surface area contributed by atoms with Crippen molar-refractivity contribution in [2.45, 2.75) is 112 Å². The van der Waals surface area contributed by atoms with E-state index < -0.39 is 11.4 Å². The summed E-state index contributed by atoms with van der Waals surface area (Å²) in [7, 11) is 0. The minimum absolute atomic E-state index is 0.0247. The minimum Gasteiger partial charge on any atom is -0.481 e. The number of carboxylic acids is 1. The maximum absolute atomic E-state index is 12.6. The summed E-state index contributed by atoms with van der Waals surface area (Å²) in [5, 5.41) is 21.3. The molecule has 4 saturated carbocycles. The van der Waals surface area contributed by atoms with Gasteiger partial charge >= 0.3 is 5.97 Å². The van der Waals surface area contributed by atoms with E-state index in [0.717, 1.165) is 51.4 Å². The van der Waals surface area contributed by atoms with Gasteiger partial charge in [-0.25, -0.2) is 0 Å². The summed E-state index contributed by atoms with van der Waals surface area (Å²) in [4.78, 5) is 12.6. The Balaban J connectivity index is 1.59. The van der Waals surface area contributed by atoms with E-state index in [1.54, 1.807) is 0 Å². The molecular weight excluding hydrogens is 396 g/mol. The molecule has 0 aromatic carbocycles. The molecule has 3 heteroatoms. The van der Waals surface area contributed by atoms with Gasteiger partial charge in [-0.3, -0.25) is 4.79 Å². The molecule has 3 nitrogen and oxygen atoms in total. The molecule has 0 aliphatic heterocycles. The van der Waals surface area contributed by atoms with Crippen LogP contribution in [0.1, 0.15) is 106 Å². The number of allylic oxidation sites excluding steroid dienone is 2. The van der Waals surface area contributed by atoms with Crippen molar-refractivity contribution < 1.29 is 15.0 Å². The average Bonchev–Trinajstić information content (AvgIpc) is 2.71. The van der Waals surface area contributed by atoms with Crippen LogP contribution in [-0.4, -0.2) is 22.3 Å². The van der Waals surface area contributed by atoms with Crippen molar-refractivity contribution in [3.8, 4) is 0 Å². The van der Waals surface area contributed by atoms with Gasteiger partial charge in [0.25, 0.3) is 0 Å². The highest BCUT2D eigenvalue weighted by atomic mass is 16.4. The topological polar surface area (TPSA) is 57.5 Å². The molecule has 180 valence electrons. The number of aliphatic hydroxyl groups excluding tert-OH is 1. The Labute approximate surface area is 195 Å². The van der Waals surface area contributed by atoms with Crippen molar-refractivity contribution in [1.29, 1.82) is 0 Å². The maximum atomic E-state index is 12.6. The Morgan fingerprint density at radius 1 is 0.938 bits per heavy atom. The Bertz CT molecular complexity index is 843. The van der Waals surface area contributed by atoms with E-state index in [1.165, 1.54) is 18.4 Å². The second-order valence-electron chi connectivity index (χ2n) is 14.1. The monoisotopic (exact) mass is 442 g/mol. The van der Waals surface area contributed by atoms with Crippen LogP contribution in [0, 0.1) is 50.7 Å². The molecule has 32 heavy (non-hydrogen) atoms. The van der Waals surface area contributed by atoms with Crippen molar-refractivity contribution in [1.82, 2.24) is 0 Å². The van der Waals surface area contributed by atoms with Crippen molar-refractivity contribution in [2.75, 3.05) is 0 Å². The first-order chi connectivity index (χ1) is 14.8. The third kappa shape index (κ3) is 2.61. The lowest BCUT2D eigenvalue weighted by atomic mass is 9.34. The molecule has 0 radical (unpaired) electrons. The number of hydrogen-bond acceptors (Lipinski definition) is 2. The predicted molar refractivity (Wildman–Crippen MR) is 128 cm³/mol. The summed E-state index contributed by atoms with van der Waals surface area (Å²) in [6.45, 7) is 14.6. The molecule has 2 N–H and O–H groups in total. The van der Waals surface area contributed by atoms with E-state index in [0.29, 0.717) is 17.8 Å². The second kappa shape index (κ2) is 6.86. The van der Waals surface area contributed by atoms with Crippen LogP contribution >= 0.6 is 0 Å². The lowest BCUT2D eigenvalue weighted by Crippen LogP contribution is -2.64. The first kappa shape index (κ1) is 22.9. The van der Waals surface area contributed by atoms with Gasteiger partial charge in [0.05, 0.1) is 11.5 Å². The number of aliphatic hydroxyl groups is 1. The van der Waals surface area contributed by atoms with E-state index in [4.69, 9.17) is 0 Å². The summed E-state index contributed by atoms with van der Waals surface area (Å²) in [6, 6.07) is 0. The fraction of sp³-hybridized carbons (Fsp3) is 0.897. The number of fused-ring (bicyclic) bond motifs is 7. The van der Waals surface area contributed by atoms with Gasteiger partial charge in [-0.2, -0.15) is 0 Å². The number of aliphatic carboxylic acids is 1. The Morgan fingerprint density at radius 2 is 1.66 bits per heavy atom. The van der Waals surface area contributed by atoms with Gasteiger partial charge in [0.1, 0.15) is 0 Å². The lowest BCUT2D eigenvalue weighted by Gasteiger charge is -2.71. The standard InChI is InChI=1S/C29H46O3/c1-18-9-14-29(24(31)32)16-15-27(5)19(20(29)17-18)7-8-22-26(4)12-11-23(30)25(2,3)21(26)10-13-28(22,27)6/h7,18,20-23,30H,8-17H2,1-6H3,(H,31,32)/t18-,20+,21+,22-,23+,26+,27-,28-,29+/m1/s1. The molecule has 0 amide bonds. The minimum atomic E-state index is -0.539. The SMILES string of the molecule is C[C@@H]1CC[C@]2(C(=O)O)CC[C@]3(C)C(=CC[C@@H]4[C@@]5(C)CC[C@H](O)C(C)(C)[C@@H]5CC[C@]43C)[C@@H]2C1. The molecule has 5 rings (SSSR count). The van der Waals surface area contributed by atoms with Crippen LogP contribution in [0.2, 0.25) is 0 Å². The third-order valence-corrected chi connectivity index (χ3v) is 12.8. The molecule has 0 unspecified atom stereocenters. The van der Waals surface area contributed by atoms with Gasteiger partial charge in [-0.05, 0) is 110 Å². The predicted octanol–water partition coefficient (Wildman–Crippen LogP) is 6.84. The molecule has 0 aromatic heterocycles. The molecule has 5 aliphatic rings. The van der Waals surface area contributed by atoms with E-state index in [-0.39, 0.29) is 33.7 Å². The van der Waals surface area contributed by atoms with Crippen LogP contribution in [0.5, 0.6) is 0 Å². The molecule has 0 heterocycles. The van der Waals surface area contributed by atoms with Gasteiger partial charge < -0.3 is 10.2 Å². The maximum Gasteiger partial charge on any atom is 0.310 e. The highest BCUT2D eigenvalue weighted by molar-refractivity contribution is 5.76. The molecule has 0 saturated heterocycles. The van der Waals surface area contributed by atoms with Crippen LogP contribution in [-0.2, 0) is 4.79 Å². The fourth-order valence-electron chi connectivity index (χ4n) is 10.5. The van der Waals surface area contributed by atoms with Crippen molar-refractivity contribution in [2.24, 2.45) is 50.7 Å². The summed E-state index contributed by atoms with van der Waals surface area (Å²) < 4.78 is 0. The van der Waals surface area contributed by atoms with Gasteiger partial charge in [0.15, 0.2) is 0 Å². The Kier molecular flexibility index (Phi) is 4.92. The van der Waals surface area contributed by atoms with Crippen molar-refractivity contribution in [3.05, 3.63) is 11.6 Å². The molecule has 0 spiro atoms. The number of hydrogen-bond donors (Lipinski definition) is 2. The highest BCUT2D eigenvalue weighted by Gasteiger charge is 2.68.